The number of para-hydroxylation sites is 2. The number of nitrogens with one attached hydrogen (secondary N) is 2. The number of carbonyl (C=O) groups is 2. The molecule has 1 aliphatic rings. The third-order valence-corrected chi connectivity index (χ3v) is 6.36. The second-order valence-electron chi connectivity index (χ2n) is 7.46. The van der Waals surface area contributed by atoms with E-state index >= 15 is 0 Å². The van der Waals surface area contributed by atoms with Crippen LogP contribution in [0.3, 0.4) is 0 Å². The molecule has 0 bridgehead atoms. The van der Waals surface area contributed by atoms with Crippen LogP contribution in [-0.2, 0) is 11.3 Å². The largest absolute Gasteiger partial charge is 0.467 e. The van der Waals surface area contributed by atoms with E-state index in [-0.39, 0.29) is 24.9 Å². The number of amides is 2. The van der Waals surface area contributed by atoms with E-state index in [2.05, 4.69) is 34.6 Å². The van der Waals surface area contributed by atoms with E-state index in [9.17, 15) is 9.59 Å². The third kappa shape index (κ3) is 5.30. The highest BCUT2D eigenvalue weighted by molar-refractivity contribution is 8.00. The van der Waals surface area contributed by atoms with Crippen LogP contribution < -0.4 is 15.5 Å². The summed E-state index contributed by atoms with van der Waals surface area (Å²) >= 11 is 1.84. The molecule has 0 saturated carbocycles. The van der Waals surface area contributed by atoms with Gasteiger partial charge in [-0.05, 0) is 42.8 Å². The molecule has 1 unspecified atom stereocenters. The van der Waals surface area contributed by atoms with Crippen LogP contribution in [0, 0.1) is 0 Å². The predicted molar refractivity (Wildman–Crippen MR) is 124 cm³/mol. The zero-order valence-electron chi connectivity index (χ0n) is 17.3. The normalized spacial score (nSPS) is 15.6. The van der Waals surface area contributed by atoms with Crippen LogP contribution in [0.5, 0.6) is 0 Å². The van der Waals surface area contributed by atoms with Gasteiger partial charge in [-0.25, -0.2) is 0 Å². The number of benzene rings is 2. The molecule has 1 atom stereocenters. The zero-order chi connectivity index (χ0) is 21.6. The molecule has 0 radical (unpaired) electrons. The highest BCUT2D eigenvalue weighted by Crippen LogP contribution is 2.37. The lowest BCUT2D eigenvalue weighted by Crippen LogP contribution is -2.35. The number of anilines is 2. The molecule has 1 aromatic heterocycles. The summed E-state index contributed by atoms with van der Waals surface area (Å²) in [4.78, 5) is 28.9. The summed E-state index contributed by atoms with van der Waals surface area (Å²) in [5, 5.41) is 6.24. The van der Waals surface area contributed by atoms with Gasteiger partial charge in [-0.15, -0.1) is 11.8 Å². The van der Waals surface area contributed by atoms with Gasteiger partial charge in [0, 0.05) is 16.7 Å². The van der Waals surface area contributed by atoms with E-state index in [1.54, 1.807) is 42.7 Å². The Morgan fingerprint density at radius 1 is 1.10 bits per heavy atom. The fourth-order valence-corrected chi connectivity index (χ4v) is 4.68. The molecule has 160 valence electrons. The molecule has 3 aromatic rings. The molecule has 7 heteroatoms. The van der Waals surface area contributed by atoms with Crippen LogP contribution in [0.1, 0.15) is 29.5 Å². The molecular weight excluding hydrogens is 410 g/mol. The van der Waals surface area contributed by atoms with Gasteiger partial charge in [0.25, 0.3) is 5.91 Å². The first-order valence-corrected chi connectivity index (χ1v) is 11.2. The van der Waals surface area contributed by atoms with Crippen LogP contribution in [0.4, 0.5) is 11.4 Å². The van der Waals surface area contributed by atoms with Gasteiger partial charge < -0.3 is 20.0 Å². The molecule has 0 saturated heterocycles. The van der Waals surface area contributed by atoms with Gasteiger partial charge in [-0.1, -0.05) is 31.2 Å². The minimum absolute atomic E-state index is 0.152. The first-order valence-electron chi connectivity index (χ1n) is 10.3. The summed E-state index contributed by atoms with van der Waals surface area (Å²) in [7, 11) is 0. The van der Waals surface area contributed by atoms with Gasteiger partial charge in [-0.3, -0.25) is 9.59 Å². The maximum atomic E-state index is 12.9. The summed E-state index contributed by atoms with van der Waals surface area (Å²) in [6, 6.07) is 18.8. The molecule has 2 heterocycles. The van der Waals surface area contributed by atoms with Crippen molar-refractivity contribution in [2.24, 2.45) is 0 Å². The van der Waals surface area contributed by atoms with Crippen molar-refractivity contribution >= 4 is 35.0 Å². The summed E-state index contributed by atoms with van der Waals surface area (Å²) in [5.41, 5.74) is 2.00. The van der Waals surface area contributed by atoms with E-state index in [0.29, 0.717) is 22.3 Å². The van der Waals surface area contributed by atoms with Crippen molar-refractivity contribution in [1.82, 2.24) is 5.32 Å². The Morgan fingerprint density at radius 3 is 2.74 bits per heavy atom. The average Bonchev–Trinajstić information content (AvgIpc) is 3.24. The number of carbonyl (C=O) groups excluding carboxylic acids is 2. The van der Waals surface area contributed by atoms with Gasteiger partial charge >= 0.3 is 0 Å². The number of hydrogen-bond acceptors (Lipinski definition) is 5. The van der Waals surface area contributed by atoms with E-state index in [1.807, 2.05) is 23.9 Å². The van der Waals surface area contributed by atoms with Crippen molar-refractivity contribution in [1.29, 1.82) is 0 Å². The Balaban J connectivity index is 1.44. The number of rotatable bonds is 6. The second kappa shape index (κ2) is 9.75. The Hall–Kier alpha value is -3.19. The molecule has 0 fully saturated rings. The van der Waals surface area contributed by atoms with Crippen molar-refractivity contribution < 1.29 is 14.0 Å². The Kier molecular flexibility index (Phi) is 6.62. The number of furan rings is 1. The van der Waals surface area contributed by atoms with Crippen LogP contribution in [0.25, 0.3) is 0 Å². The first kappa shape index (κ1) is 21.1. The van der Waals surface area contributed by atoms with Crippen LogP contribution in [0.2, 0.25) is 0 Å². The topological polar surface area (TPSA) is 74.6 Å². The van der Waals surface area contributed by atoms with E-state index in [4.69, 9.17) is 4.42 Å². The van der Waals surface area contributed by atoms with Crippen molar-refractivity contribution in [3.8, 4) is 0 Å². The highest BCUT2D eigenvalue weighted by Gasteiger charge is 2.22. The molecule has 0 aliphatic carbocycles. The summed E-state index contributed by atoms with van der Waals surface area (Å²) in [6.45, 7) is 3.54. The lowest BCUT2D eigenvalue weighted by molar-refractivity contribution is -0.115. The van der Waals surface area contributed by atoms with Gasteiger partial charge in [0.2, 0.25) is 5.91 Å². The molecule has 2 N–H and O–H groups in total. The minimum Gasteiger partial charge on any atom is -0.467 e. The zero-order valence-corrected chi connectivity index (χ0v) is 18.2. The van der Waals surface area contributed by atoms with Gasteiger partial charge in [-0.2, -0.15) is 0 Å². The minimum atomic E-state index is -0.266. The lowest BCUT2D eigenvalue weighted by atomic mass is 10.1. The maximum Gasteiger partial charge on any atom is 0.253 e. The van der Waals surface area contributed by atoms with Gasteiger partial charge in [0.15, 0.2) is 0 Å². The molecular formula is C24H25N3O3S. The predicted octanol–water partition coefficient (Wildman–Crippen LogP) is 4.54. The molecule has 6 nitrogen and oxygen atoms in total. The monoisotopic (exact) mass is 435 g/mol. The van der Waals surface area contributed by atoms with Crippen molar-refractivity contribution in [3.63, 3.8) is 0 Å². The lowest BCUT2D eigenvalue weighted by Gasteiger charge is -2.24. The van der Waals surface area contributed by atoms with Crippen LogP contribution in [-0.4, -0.2) is 30.2 Å². The van der Waals surface area contributed by atoms with Crippen molar-refractivity contribution in [3.05, 3.63) is 78.3 Å². The molecule has 4 rings (SSSR count). The quantitative estimate of drug-likeness (QED) is 0.595. The Bertz CT molecular complexity index is 1050. The number of thioether (sulfide) groups is 1. The highest BCUT2D eigenvalue weighted by atomic mass is 32.2. The first-order chi connectivity index (χ1) is 15.1. The van der Waals surface area contributed by atoms with Crippen molar-refractivity contribution in [2.45, 2.75) is 30.0 Å². The summed E-state index contributed by atoms with van der Waals surface area (Å²) in [6.07, 6.45) is 2.56. The van der Waals surface area contributed by atoms with E-state index in [0.717, 1.165) is 18.7 Å². The molecule has 0 spiro atoms. The Morgan fingerprint density at radius 2 is 1.90 bits per heavy atom. The average molecular weight is 436 g/mol. The molecule has 1 aliphatic heterocycles. The molecule has 2 amide bonds. The maximum absolute atomic E-state index is 12.9. The van der Waals surface area contributed by atoms with Crippen molar-refractivity contribution in [2.75, 3.05) is 23.3 Å². The fourth-order valence-electron chi connectivity index (χ4n) is 3.55. The van der Waals surface area contributed by atoms with Crippen LogP contribution >= 0.6 is 11.8 Å². The molecule has 2 aromatic carbocycles. The Labute approximate surface area is 186 Å². The summed E-state index contributed by atoms with van der Waals surface area (Å²) in [5.74, 6) is 0.250. The standard InChI is InChI=1S/C24H25N3O3S/c1-17-12-13-27(21-10-4-5-11-22(21)31-17)16-23(28)26-20-9-3-2-8-19(20)24(29)25-15-18-7-6-14-30-18/h2-11,14,17H,12-13,15-16H2,1H3,(H,25,29)(H,26,28). The van der Waals surface area contributed by atoms with Gasteiger partial charge in [0.1, 0.15) is 5.76 Å². The number of fused-ring (bicyclic) bond motifs is 1. The number of nitrogens with zero attached hydrogens (tertiary/aromatic N) is 1. The van der Waals surface area contributed by atoms with E-state index < -0.39 is 0 Å². The number of hydrogen-bond donors (Lipinski definition) is 2. The fraction of sp³-hybridized carbons (Fsp3) is 0.250. The second-order valence-corrected chi connectivity index (χ2v) is 8.94. The SMILES string of the molecule is CC1CCN(CC(=O)Nc2ccccc2C(=O)NCc2ccco2)c2ccccc2S1. The van der Waals surface area contributed by atoms with E-state index in [1.165, 1.54) is 4.90 Å². The third-order valence-electron chi connectivity index (χ3n) is 5.12. The summed E-state index contributed by atoms with van der Waals surface area (Å²) < 4.78 is 5.25. The smallest absolute Gasteiger partial charge is 0.253 e. The molecule has 31 heavy (non-hydrogen) atoms. The van der Waals surface area contributed by atoms with Gasteiger partial charge in [0.05, 0.1) is 36.3 Å². The van der Waals surface area contributed by atoms with Crippen LogP contribution in [0.15, 0.2) is 76.2 Å².